The quantitative estimate of drug-likeness (QED) is 0.544. The third-order valence-corrected chi connectivity index (χ3v) is 5.48. The molecule has 0 spiro atoms. The first kappa shape index (κ1) is 11.9. The molecule has 0 atom stereocenters. The monoisotopic (exact) mass is 318 g/mol. The summed E-state index contributed by atoms with van der Waals surface area (Å²) < 4.78 is 3.06. The summed E-state index contributed by atoms with van der Waals surface area (Å²) in [5, 5.41) is 1.62. The number of rotatable bonds is 0. The number of benzene rings is 2. The fourth-order valence-corrected chi connectivity index (χ4v) is 4.05. The molecule has 0 saturated heterocycles. The predicted molar refractivity (Wildman–Crippen MR) is 82.8 cm³/mol. The first-order valence-electron chi connectivity index (χ1n) is 5.71. The Morgan fingerprint density at radius 2 is 1.83 bits per heavy atom. The van der Waals surface area contributed by atoms with Crippen LogP contribution >= 0.6 is 27.3 Å². The highest BCUT2D eigenvalue weighted by atomic mass is 79.9. The summed E-state index contributed by atoms with van der Waals surface area (Å²) in [4.78, 5) is 12.6. The summed E-state index contributed by atoms with van der Waals surface area (Å²) in [6.07, 6.45) is 0. The lowest BCUT2D eigenvalue weighted by Gasteiger charge is -2.08. The maximum Gasteiger partial charge on any atom is 0.197 e. The van der Waals surface area contributed by atoms with Crippen LogP contribution in [0.5, 0.6) is 0 Å². The second-order valence-electron chi connectivity index (χ2n) is 4.46. The van der Waals surface area contributed by atoms with E-state index in [0.29, 0.717) is 0 Å². The Balaban J connectivity index is 2.69. The van der Waals surface area contributed by atoms with Gasteiger partial charge in [0.1, 0.15) is 0 Å². The van der Waals surface area contributed by atoms with Gasteiger partial charge in [0, 0.05) is 19.3 Å². The Labute approximate surface area is 117 Å². The van der Waals surface area contributed by atoms with Crippen LogP contribution in [0.4, 0.5) is 0 Å². The van der Waals surface area contributed by atoms with E-state index in [1.807, 2.05) is 31.2 Å². The van der Waals surface area contributed by atoms with Crippen molar-refractivity contribution in [3.05, 3.63) is 56.2 Å². The molecule has 0 aliphatic rings. The van der Waals surface area contributed by atoms with Gasteiger partial charge in [0.15, 0.2) is 5.43 Å². The summed E-state index contributed by atoms with van der Waals surface area (Å²) in [5.41, 5.74) is 2.40. The number of hydrogen-bond donors (Lipinski definition) is 0. The molecule has 0 amide bonds. The van der Waals surface area contributed by atoms with Crippen LogP contribution in [0.2, 0.25) is 0 Å². The van der Waals surface area contributed by atoms with E-state index in [2.05, 4.69) is 28.9 Å². The van der Waals surface area contributed by atoms with E-state index < -0.39 is 0 Å². The van der Waals surface area contributed by atoms with E-state index in [4.69, 9.17) is 0 Å². The maximum atomic E-state index is 12.6. The molecule has 90 valence electrons. The van der Waals surface area contributed by atoms with E-state index in [1.54, 1.807) is 11.3 Å². The molecule has 1 heterocycles. The number of fused-ring (bicyclic) bond motifs is 2. The first-order chi connectivity index (χ1) is 8.59. The van der Waals surface area contributed by atoms with Gasteiger partial charge in [-0.15, -0.1) is 11.3 Å². The lowest BCUT2D eigenvalue weighted by atomic mass is 10.1. The van der Waals surface area contributed by atoms with E-state index in [1.165, 1.54) is 5.56 Å². The van der Waals surface area contributed by atoms with Crippen LogP contribution in [0.1, 0.15) is 11.1 Å². The molecular formula is C15H11BrOS. The molecule has 3 heteroatoms. The summed E-state index contributed by atoms with van der Waals surface area (Å²) in [6, 6.07) is 9.92. The molecule has 0 fully saturated rings. The Bertz CT molecular complexity index is 833. The van der Waals surface area contributed by atoms with Crippen LogP contribution in [0, 0.1) is 13.8 Å². The second-order valence-corrected chi connectivity index (χ2v) is 6.30. The summed E-state index contributed by atoms with van der Waals surface area (Å²) in [7, 11) is 0. The van der Waals surface area contributed by atoms with Gasteiger partial charge in [-0.2, -0.15) is 0 Å². The molecule has 0 bridgehead atoms. The summed E-state index contributed by atoms with van der Waals surface area (Å²) in [5.74, 6) is 0. The zero-order valence-electron chi connectivity index (χ0n) is 10.1. The first-order valence-corrected chi connectivity index (χ1v) is 7.32. The molecule has 18 heavy (non-hydrogen) atoms. The molecule has 2 aromatic carbocycles. The topological polar surface area (TPSA) is 17.1 Å². The van der Waals surface area contributed by atoms with Crippen molar-refractivity contribution < 1.29 is 0 Å². The van der Waals surface area contributed by atoms with Crippen molar-refractivity contribution in [3.8, 4) is 0 Å². The molecular weight excluding hydrogens is 308 g/mol. The normalized spacial score (nSPS) is 11.3. The molecule has 0 aliphatic carbocycles. The van der Waals surface area contributed by atoms with Crippen LogP contribution in [0.3, 0.4) is 0 Å². The van der Waals surface area contributed by atoms with Crippen molar-refractivity contribution in [2.45, 2.75) is 13.8 Å². The highest BCUT2D eigenvalue weighted by Gasteiger charge is 2.12. The largest absolute Gasteiger partial charge is 0.288 e. The van der Waals surface area contributed by atoms with Crippen molar-refractivity contribution in [1.82, 2.24) is 0 Å². The van der Waals surface area contributed by atoms with Crippen LogP contribution < -0.4 is 5.43 Å². The van der Waals surface area contributed by atoms with Crippen LogP contribution in [-0.4, -0.2) is 0 Å². The third-order valence-electron chi connectivity index (χ3n) is 3.15. The van der Waals surface area contributed by atoms with Gasteiger partial charge >= 0.3 is 0 Å². The number of hydrogen-bond acceptors (Lipinski definition) is 2. The minimum atomic E-state index is 0.123. The molecule has 0 radical (unpaired) electrons. The number of aryl methyl sites for hydroxylation is 2. The van der Waals surface area contributed by atoms with Crippen molar-refractivity contribution in [1.29, 1.82) is 0 Å². The van der Waals surface area contributed by atoms with Crippen molar-refractivity contribution in [2.24, 2.45) is 0 Å². The van der Waals surface area contributed by atoms with Gasteiger partial charge in [-0.1, -0.05) is 18.2 Å². The van der Waals surface area contributed by atoms with Gasteiger partial charge in [-0.05, 0) is 53.0 Å². The maximum absolute atomic E-state index is 12.6. The minimum absolute atomic E-state index is 0.123. The average molecular weight is 319 g/mol. The van der Waals surface area contributed by atoms with Crippen LogP contribution in [0.15, 0.2) is 39.6 Å². The van der Waals surface area contributed by atoms with Crippen molar-refractivity contribution in [3.63, 3.8) is 0 Å². The molecule has 0 unspecified atom stereocenters. The van der Waals surface area contributed by atoms with E-state index in [-0.39, 0.29) is 5.43 Å². The highest BCUT2D eigenvalue weighted by molar-refractivity contribution is 9.10. The van der Waals surface area contributed by atoms with E-state index in [0.717, 1.165) is 30.2 Å². The summed E-state index contributed by atoms with van der Waals surface area (Å²) in [6.45, 7) is 4.09. The molecule has 1 nitrogen and oxygen atoms in total. The number of halogens is 1. The lowest BCUT2D eigenvalue weighted by molar-refractivity contribution is 1.41. The molecule has 0 N–H and O–H groups in total. The molecule has 0 saturated carbocycles. The fourth-order valence-electron chi connectivity index (χ4n) is 2.27. The standard InChI is InChI=1S/C15H11BrOS/c1-8-7-9(2)15-12(13(8)16)14(17)10-5-3-4-6-11(10)18-15/h3-7H,1-2H3. The Morgan fingerprint density at radius 1 is 1.11 bits per heavy atom. The van der Waals surface area contributed by atoms with Gasteiger partial charge in [0.2, 0.25) is 0 Å². The molecule has 3 rings (SSSR count). The molecule has 0 aliphatic heterocycles. The van der Waals surface area contributed by atoms with Gasteiger partial charge in [0.05, 0.1) is 5.39 Å². The Kier molecular flexibility index (Phi) is 2.76. The second kappa shape index (κ2) is 4.18. The SMILES string of the molecule is Cc1cc(C)c2sc3ccccc3c(=O)c2c1Br. The smallest absolute Gasteiger partial charge is 0.197 e. The Hall–Kier alpha value is -1.19. The third kappa shape index (κ3) is 1.62. The van der Waals surface area contributed by atoms with E-state index in [9.17, 15) is 4.79 Å². The van der Waals surface area contributed by atoms with Crippen LogP contribution in [0.25, 0.3) is 20.2 Å². The van der Waals surface area contributed by atoms with E-state index >= 15 is 0 Å². The fraction of sp³-hybridized carbons (Fsp3) is 0.133. The zero-order valence-corrected chi connectivity index (χ0v) is 12.5. The molecule has 1 aromatic heterocycles. The van der Waals surface area contributed by atoms with Crippen LogP contribution in [-0.2, 0) is 0 Å². The zero-order chi connectivity index (χ0) is 12.9. The van der Waals surface area contributed by atoms with Gasteiger partial charge < -0.3 is 0 Å². The average Bonchev–Trinajstić information content (AvgIpc) is 2.36. The van der Waals surface area contributed by atoms with Crippen molar-refractivity contribution >= 4 is 47.4 Å². The van der Waals surface area contributed by atoms with Gasteiger partial charge in [0.25, 0.3) is 0 Å². The van der Waals surface area contributed by atoms with Gasteiger partial charge in [-0.25, -0.2) is 0 Å². The molecule has 3 aromatic rings. The highest BCUT2D eigenvalue weighted by Crippen LogP contribution is 2.33. The predicted octanol–water partition coefficient (Wildman–Crippen LogP) is 4.79. The lowest BCUT2D eigenvalue weighted by Crippen LogP contribution is -2.03. The summed E-state index contributed by atoms with van der Waals surface area (Å²) >= 11 is 5.24. The minimum Gasteiger partial charge on any atom is -0.288 e. The van der Waals surface area contributed by atoms with Crippen molar-refractivity contribution in [2.75, 3.05) is 0 Å². The Morgan fingerprint density at radius 3 is 2.61 bits per heavy atom. The van der Waals surface area contributed by atoms with Gasteiger partial charge in [-0.3, -0.25) is 4.79 Å².